The molecule has 7 nitrogen and oxygen atoms in total. The molecule has 2 rings (SSSR count). The third kappa shape index (κ3) is 3.96. The predicted octanol–water partition coefficient (Wildman–Crippen LogP) is 2.20. The second-order valence-electron chi connectivity index (χ2n) is 4.49. The number of aromatic nitrogens is 2. The smallest absolute Gasteiger partial charge is 0.242 e. The average molecular weight is 345 g/mol. The Kier molecular flexibility index (Phi) is 5.38. The van der Waals surface area contributed by atoms with Gasteiger partial charge >= 0.3 is 0 Å². The van der Waals surface area contributed by atoms with E-state index >= 15 is 0 Å². The Bertz CT molecular complexity index is 745. The highest BCUT2D eigenvalue weighted by Gasteiger charge is 2.17. The normalized spacial score (nSPS) is 11.6. The zero-order chi connectivity index (χ0) is 16.2. The quantitative estimate of drug-likeness (QED) is 0.799. The topological polar surface area (TPSA) is 97.1 Å². The molecule has 9 heteroatoms. The van der Waals surface area contributed by atoms with Gasteiger partial charge in [-0.25, -0.2) is 18.1 Å². The number of sulfonamides is 1. The first-order valence-corrected chi connectivity index (χ1v) is 8.66. The fourth-order valence-corrected chi connectivity index (χ4v) is 2.98. The van der Waals surface area contributed by atoms with Crippen molar-refractivity contribution in [3.8, 4) is 0 Å². The molecule has 0 spiro atoms. The number of aryl methyl sites for hydroxylation is 1. The highest BCUT2D eigenvalue weighted by atomic mass is 35.5. The standard InChI is InChI=1S/C13H17ClN4O3S/c1-3-9-5-10(21-18-9)7-17-22(19,20)11-6-12(14)13(15-4-2)16-8-11/h5-6,8,17H,3-4,7H2,1-2H3,(H,15,16). The number of halogens is 1. The van der Waals surface area contributed by atoms with Crippen molar-refractivity contribution in [2.24, 2.45) is 0 Å². The van der Waals surface area contributed by atoms with Crippen LogP contribution in [0.15, 0.2) is 27.7 Å². The van der Waals surface area contributed by atoms with E-state index in [4.69, 9.17) is 16.1 Å². The molecule has 0 aromatic carbocycles. The molecular formula is C13H17ClN4O3S. The first-order valence-electron chi connectivity index (χ1n) is 6.79. The minimum Gasteiger partial charge on any atom is -0.369 e. The lowest BCUT2D eigenvalue weighted by Gasteiger charge is -2.08. The molecule has 0 saturated heterocycles. The molecule has 0 unspecified atom stereocenters. The minimum absolute atomic E-state index is 0.00520. The molecule has 0 amide bonds. The molecule has 0 saturated carbocycles. The third-order valence-corrected chi connectivity index (χ3v) is 4.53. The van der Waals surface area contributed by atoms with Gasteiger partial charge in [-0.3, -0.25) is 0 Å². The fraction of sp³-hybridized carbons (Fsp3) is 0.385. The van der Waals surface area contributed by atoms with Gasteiger partial charge in [0.25, 0.3) is 0 Å². The molecule has 2 aromatic heterocycles. The van der Waals surface area contributed by atoms with Crippen LogP contribution in [0.25, 0.3) is 0 Å². The molecule has 22 heavy (non-hydrogen) atoms. The maximum Gasteiger partial charge on any atom is 0.242 e. The van der Waals surface area contributed by atoms with Crippen molar-refractivity contribution >= 4 is 27.4 Å². The third-order valence-electron chi connectivity index (χ3n) is 2.88. The van der Waals surface area contributed by atoms with Gasteiger partial charge < -0.3 is 9.84 Å². The van der Waals surface area contributed by atoms with Gasteiger partial charge in [0.1, 0.15) is 10.7 Å². The lowest BCUT2D eigenvalue weighted by molar-refractivity contribution is 0.375. The molecule has 0 aliphatic heterocycles. The summed E-state index contributed by atoms with van der Waals surface area (Å²) in [5.41, 5.74) is 0.772. The number of rotatable bonds is 7. The number of anilines is 1. The van der Waals surface area contributed by atoms with Crippen LogP contribution in [0.2, 0.25) is 5.02 Å². The first-order chi connectivity index (χ1) is 10.5. The SMILES string of the molecule is CCNc1ncc(S(=O)(=O)NCc2cc(CC)no2)cc1Cl. The summed E-state index contributed by atoms with van der Waals surface area (Å²) in [4.78, 5) is 4.00. The van der Waals surface area contributed by atoms with Crippen molar-refractivity contribution in [2.45, 2.75) is 31.7 Å². The number of nitrogens with zero attached hydrogens (tertiary/aromatic N) is 2. The van der Waals surface area contributed by atoms with Crippen LogP contribution in [0.4, 0.5) is 5.82 Å². The van der Waals surface area contributed by atoms with E-state index in [1.807, 2.05) is 13.8 Å². The zero-order valence-electron chi connectivity index (χ0n) is 12.3. The number of nitrogens with one attached hydrogen (secondary N) is 2. The van der Waals surface area contributed by atoms with E-state index < -0.39 is 10.0 Å². The summed E-state index contributed by atoms with van der Waals surface area (Å²) in [6, 6.07) is 3.06. The number of hydrogen-bond acceptors (Lipinski definition) is 6. The number of pyridine rings is 1. The summed E-state index contributed by atoms with van der Waals surface area (Å²) in [5.74, 6) is 0.898. The van der Waals surface area contributed by atoms with Gasteiger partial charge in [0.15, 0.2) is 5.76 Å². The molecule has 2 aromatic rings. The Morgan fingerprint density at radius 1 is 1.32 bits per heavy atom. The van der Waals surface area contributed by atoms with Gasteiger partial charge in [-0.2, -0.15) is 0 Å². The van der Waals surface area contributed by atoms with E-state index in [0.717, 1.165) is 12.1 Å². The highest BCUT2D eigenvalue weighted by Crippen LogP contribution is 2.22. The summed E-state index contributed by atoms with van der Waals surface area (Å²) in [5, 5.41) is 6.99. The van der Waals surface area contributed by atoms with Crippen molar-refractivity contribution < 1.29 is 12.9 Å². The summed E-state index contributed by atoms with van der Waals surface area (Å²) >= 11 is 6.01. The second kappa shape index (κ2) is 7.08. The van der Waals surface area contributed by atoms with Crippen molar-refractivity contribution in [1.29, 1.82) is 0 Å². The van der Waals surface area contributed by atoms with Crippen LogP contribution < -0.4 is 10.0 Å². The van der Waals surface area contributed by atoms with Crippen LogP contribution in [0.1, 0.15) is 25.3 Å². The molecule has 0 atom stereocenters. The van der Waals surface area contributed by atoms with Crippen LogP contribution in [-0.4, -0.2) is 25.1 Å². The first kappa shape index (κ1) is 16.7. The fourth-order valence-electron chi connectivity index (χ4n) is 1.72. The Balaban J connectivity index is 2.11. The Morgan fingerprint density at radius 2 is 2.09 bits per heavy atom. The van der Waals surface area contributed by atoms with Crippen LogP contribution in [0.5, 0.6) is 0 Å². The van der Waals surface area contributed by atoms with Crippen molar-refractivity contribution in [3.05, 3.63) is 34.8 Å². The van der Waals surface area contributed by atoms with E-state index in [1.54, 1.807) is 6.07 Å². The molecule has 2 heterocycles. The van der Waals surface area contributed by atoms with Crippen molar-refractivity contribution in [2.75, 3.05) is 11.9 Å². The summed E-state index contributed by atoms with van der Waals surface area (Å²) in [6.45, 7) is 4.49. The van der Waals surface area contributed by atoms with Crippen molar-refractivity contribution in [1.82, 2.24) is 14.9 Å². The Hall–Kier alpha value is -1.64. The maximum absolute atomic E-state index is 12.2. The van der Waals surface area contributed by atoms with E-state index in [2.05, 4.69) is 20.2 Å². The van der Waals surface area contributed by atoms with Crippen LogP contribution in [-0.2, 0) is 23.0 Å². The molecule has 0 fully saturated rings. The minimum atomic E-state index is -3.72. The van der Waals surface area contributed by atoms with Gasteiger partial charge in [-0.05, 0) is 19.4 Å². The molecule has 0 bridgehead atoms. The van der Waals surface area contributed by atoms with Gasteiger partial charge in [-0.1, -0.05) is 23.7 Å². The van der Waals surface area contributed by atoms with E-state index in [9.17, 15) is 8.42 Å². The zero-order valence-corrected chi connectivity index (χ0v) is 13.8. The lowest BCUT2D eigenvalue weighted by Crippen LogP contribution is -2.23. The van der Waals surface area contributed by atoms with Gasteiger partial charge in [0.2, 0.25) is 10.0 Å². The van der Waals surface area contributed by atoms with Crippen LogP contribution >= 0.6 is 11.6 Å². The number of hydrogen-bond donors (Lipinski definition) is 2. The molecule has 0 aliphatic carbocycles. The van der Waals surface area contributed by atoms with Gasteiger partial charge in [0, 0.05) is 18.8 Å². The van der Waals surface area contributed by atoms with E-state index in [-0.39, 0.29) is 16.5 Å². The molecule has 0 aliphatic rings. The van der Waals surface area contributed by atoms with Gasteiger partial charge in [0.05, 0.1) is 17.3 Å². The highest BCUT2D eigenvalue weighted by molar-refractivity contribution is 7.89. The van der Waals surface area contributed by atoms with Gasteiger partial charge in [-0.15, -0.1) is 0 Å². The molecule has 0 radical (unpaired) electrons. The Labute approximate surface area is 134 Å². The molecular weight excluding hydrogens is 328 g/mol. The van der Waals surface area contributed by atoms with Crippen LogP contribution in [0.3, 0.4) is 0 Å². The lowest BCUT2D eigenvalue weighted by atomic mass is 10.3. The summed E-state index contributed by atoms with van der Waals surface area (Å²) < 4.78 is 31.9. The summed E-state index contributed by atoms with van der Waals surface area (Å²) in [6.07, 6.45) is 1.98. The summed E-state index contributed by atoms with van der Waals surface area (Å²) in [7, 11) is -3.72. The average Bonchev–Trinajstić information content (AvgIpc) is 2.95. The monoisotopic (exact) mass is 344 g/mol. The van der Waals surface area contributed by atoms with E-state index in [1.165, 1.54) is 12.3 Å². The largest absolute Gasteiger partial charge is 0.369 e. The maximum atomic E-state index is 12.2. The second-order valence-corrected chi connectivity index (χ2v) is 6.67. The van der Waals surface area contributed by atoms with E-state index in [0.29, 0.717) is 18.1 Å². The van der Waals surface area contributed by atoms with Crippen LogP contribution in [0, 0.1) is 0 Å². The predicted molar refractivity (Wildman–Crippen MR) is 83.3 cm³/mol. The Morgan fingerprint density at radius 3 is 2.68 bits per heavy atom. The molecule has 2 N–H and O–H groups in total. The molecule has 120 valence electrons. The van der Waals surface area contributed by atoms with Crippen molar-refractivity contribution in [3.63, 3.8) is 0 Å².